The van der Waals surface area contributed by atoms with Gasteiger partial charge in [0.15, 0.2) is 6.04 Å². The van der Waals surface area contributed by atoms with Gasteiger partial charge in [-0.1, -0.05) is 42.5 Å². The minimum Gasteiger partial charge on any atom is -0.479 e. The number of hydrogen-bond acceptors (Lipinski definition) is 3. The van der Waals surface area contributed by atoms with Crippen molar-refractivity contribution in [3.8, 4) is 0 Å². The molecule has 3 aromatic rings. The third-order valence-electron chi connectivity index (χ3n) is 4.49. The Bertz CT molecular complexity index is 943. The highest BCUT2D eigenvalue weighted by Gasteiger charge is 2.36. The first-order valence-electron chi connectivity index (χ1n) is 7.74. The average Bonchev–Trinajstić information content (AvgIpc) is 3.04. The molecule has 120 valence electrons. The summed E-state index contributed by atoms with van der Waals surface area (Å²) in [5.74, 6) is -1.34. The smallest absolute Gasteiger partial charge is 0.331 e. The van der Waals surface area contributed by atoms with Gasteiger partial charge in [0.25, 0.3) is 5.91 Å². The minimum absolute atomic E-state index is 0.318. The molecule has 0 spiro atoms. The quantitative estimate of drug-likeness (QED) is 0.786. The van der Waals surface area contributed by atoms with Crippen molar-refractivity contribution < 1.29 is 19.1 Å². The maximum absolute atomic E-state index is 13.0. The summed E-state index contributed by atoms with van der Waals surface area (Å²) < 4.78 is 5.43. The van der Waals surface area contributed by atoms with Crippen LogP contribution in [0.25, 0.3) is 11.0 Å². The molecule has 2 aromatic carbocycles. The molecule has 5 heteroatoms. The van der Waals surface area contributed by atoms with Crippen LogP contribution in [-0.2, 0) is 11.2 Å². The van der Waals surface area contributed by atoms with E-state index >= 15 is 0 Å². The maximum Gasteiger partial charge on any atom is 0.331 e. The first kappa shape index (κ1) is 14.5. The third-order valence-corrected chi connectivity index (χ3v) is 4.49. The van der Waals surface area contributed by atoms with E-state index in [2.05, 4.69) is 0 Å². The molecule has 24 heavy (non-hydrogen) atoms. The van der Waals surface area contributed by atoms with Crippen LogP contribution in [0.2, 0.25) is 0 Å². The highest BCUT2D eigenvalue weighted by molar-refractivity contribution is 6.07. The number of carboxylic acid groups (broad SMARTS) is 1. The van der Waals surface area contributed by atoms with Gasteiger partial charge in [-0.3, -0.25) is 4.79 Å². The van der Waals surface area contributed by atoms with E-state index in [0.717, 1.165) is 5.56 Å². The van der Waals surface area contributed by atoms with Crippen molar-refractivity contribution in [3.63, 3.8) is 0 Å². The van der Waals surface area contributed by atoms with Gasteiger partial charge >= 0.3 is 5.97 Å². The molecule has 1 amide bonds. The Morgan fingerprint density at radius 2 is 1.83 bits per heavy atom. The van der Waals surface area contributed by atoms with Gasteiger partial charge in [0.05, 0.1) is 5.56 Å². The van der Waals surface area contributed by atoms with Crippen LogP contribution in [0.4, 0.5) is 0 Å². The van der Waals surface area contributed by atoms with E-state index in [0.29, 0.717) is 35.1 Å². The van der Waals surface area contributed by atoms with E-state index in [9.17, 15) is 14.7 Å². The molecule has 0 bridgehead atoms. The second kappa shape index (κ2) is 5.53. The van der Waals surface area contributed by atoms with Gasteiger partial charge in [0.2, 0.25) is 0 Å². The molecule has 5 nitrogen and oxygen atoms in total. The van der Waals surface area contributed by atoms with Crippen LogP contribution in [0.15, 0.2) is 59.2 Å². The molecule has 0 radical (unpaired) electrons. The summed E-state index contributed by atoms with van der Waals surface area (Å²) in [7, 11) is 0. The molecular weight excluding hydrogens is 306 g/mol. The number of para-hydroxylation sites is 1. The van der Waals surface area contributed by atoms with E-state index in [1.54, 1.807) is 24.3 Å². The summed E-state index contributed by atoms with van der Waals surface area (Å²) in [4.78, 5) is 26.3. The number of rotatable bonds is 2. The molecule has 0 saturated carbocycles. The molecule has 1 N–H and O–H groups in total. The summed E-state index contributed by atoms with van der Waals surface area (Å²) in [5.41, 5.74) is 2.67. The largest absolute Gasteiger partial charge is 0.479 e. The van der Waals surface area contributed by atoms with Crippen LogP contribution in [0, 0.1) is 0 Å². The van der Waals surface area contributed by atoms with E-state index in [4.69, 9.17) is 4.42 Å². The van der Waals surface area contributed by atoms with Crippen LogP contribution in [0.1, 0.15) is 27.5 Å². The van der Waals surface area contributed by atoms with Crippen molar-refractivity contribution in [1.29, 1.82) is 0 Å². The van der Waals surface area contributed by atoms with Crippen molar-refractivity contribution in [3.05, 3.63) is 71.5 Å². The van der Waals surface area contributed by atoms with E-state index in [1.165, 1.54) is 11.2 Å². The maximum atomic E-state index is 13.0. The number of nitrogens with zero attached hydrogens (tertiary/aromatic N) is 1. The monoisotopic (exact) mass is 321 g/mol. The zero-order valence-electron chi connectivity index (χ0n) is 12.8. The Hall–Kier alpha value is -3.08. The first-order chi connectivity index (χ1) is 11.7. The summed E-state index contributed by atoms with van der Waals surface area (Å²) in [6.45, 7) is 0.367. The number of furan rings is 1. The first-order valence-corrected chi connectivity index (χ1v) is 7.74. The lowest BCUT2D eigenvalue weighted by atomic mass is 9.92. The standard InChI is InChI=1S/C19H15NO4/c21-18(15-11-24-16-8-4-3-7-14(15)16)20-10-9-12-5-1-2-6-13(12)17(20)19(22)23/h1-8,11,17H,9-10H2,(H,22,23). The Balaban J connectivity index is 1.78. The molecule has 2 heterocycles. The second-order valence-corrected chi connectivity index (χ2v) is 5.83. The fourth-order valence-electron chi connectivity index (χ4n) is 3.35. The van der Waals surface area contributed by atoms with Crippen molar-refractivity contribution in [2.75, 3.05) is 6.54 Å². The predicted octanol–water partition coefficient (Wildman–Crippen LogP) is 3.26. The summed E-state index contributed by atoms with van der Waals surface area (Å²) in [6, 6.07) is 13.7. The Kier molecular flexibility index (Phi) is 3.34. The number of carbonyl (C=O) groups is 2. The van der Waals surface area contributed by atoms with E-state index in [1.807, 2.05) is 24.3 Å². The Morgan fingerprint density at radius 1 is 1.08 bits per heavy atom. The highest BCUT2D eigenvalue weighted by atomic mass is 16.4. The SMILES string of the molecule is O=C(O)C1c2ccccc2CCN1C(=O)c1coc2ccccc12. The van der Waals surface area contributed by atoms with Gasteiger partial charge in [-0.15, -0.1) is 0 Å². The topological polar surface area (TPSA) is 70.8 Å². The third kappa shape index (κ3) is 2.17. The molecular formula is C19H15NO4. The van der Waals surface area contributed by atoms with E-state index < -0.39 is 12.0 Å². The molecule has 0 aliphatic carbocycles. The molecule has 1 aliphatic rings. The number of carbonyl (C=O) groups excluding carboxylic acids is 1. The van der Waals surface area contributed by atoms with Crippen molar-refractivity contribution in [2.24, 2.45) is 0 Å². The van der Waals surface area contributed by atoms with Gasteiger partial charge in [-0.2, -0.15) is 0 Å². The molecule has 1 unspecified atom stereocenters. The Morgan fingerprint density at radius 3 is 2.67 bits per heavy atom. The molecule has 0 saturated heterocycles. The second-order valence-electron chi connectivity index (χ2n) is 5.83. The average molecular weight is 321 g/mol. The summed E-state index contributed by atoms with van der Waals surface area (Å²) in [5, 5.41) is 10.4. The normalized spacial score (nSPS) is 16.8. The van der Waals surface area contributed by atoms with E-state index in [-0.39, 0.29) is 5.91 Å². The van der Waals surface area contributed by atoms with Crippen LogP contribution >= 0.6 is 0 Å². The van der Waals surface area contributed by atoms with Gasteiger partial charge in [-0.05, 0) is 23.6 Å². The molecule has 4 rings (SSSR count). The fourth-order valence-corrected chi connectivity index (χ4v) is 3.35. The van der Waals surface area contributed by atoms with Crippen molar-refractivity contribution >= 4 is 22.8 Å². The van der Waals surface area contributed by atoms with Gasteiger partial charge < -0.3 is 14.4 Å². The number of hydrogen-bond donors (Lipinski definition) is 1. The summed E-state index contributed by atoms with van der Waals surface area (Å²) in [6.07, 6.45) is 2.05. The fraction of sp³-hybridized carbons (Fsp3) is 0.158. The lowest BCUT2D eigenvalue weighted by molar-refractivity contribution is -0.143. The number of benzene rings is 2. The van der Waals surface area contributed by atoms with Crippen LogP contribution in [0.3, 0.4) is 0 Å². The lowest BCUT2D eigenvalue weighted by Gasteiger charge is -2.34. The minimum atomic E-state index is -1.02. The van der Waals surface area contributed by atoms with Crippen molar-refractivity contribution in [2.45, 2.75) is 12.5 Å². The number of fused-ring (bicyclic) bond motifs is 2. The highest BCUT2D eigenvalue weighted by Crippen LogP contribution is 2.32. The zero-order valence-corrected chi connectivity index (χ0v) is 12.8. The number of amides is 1. The molecule has 1 atom stereocenters. The summed E-state index contributed by atoms with van der Waals surface area (Å²) >= 11 is 0. The zero-order chi connectivity index (χ0) is 16.7. The van der Waals surface area contributed by atoms with Gasteiger partial charge in [0.1, 0.15) is 11.8 Å². The molecule has 0 fully saturated rings. The van der Waals surface area contributed by atoms with Crippen LogP contribution < -0.4 is 0 Å². The Labute approximate surface area is 138 Å². The lowest BCUT2D eigenvalue weighted by Crippen LogP contribution is -2.43. The number of carboxylic acids is 1. The van der Waals surface area contributed by atoms with Crippen molar-refractivity contribution in [1.82, 2.24) is 4.90 Å². The molecule has 1 aromatic heterocycles. The van der Waals surface area contributed by atoms with Crippen LogP contribution in [0.5, 0.6) is 0 Å². The van der Waals surface area contributed by atoms with Gasteiger partial charge in [-0.25, -0.2) is 4.79 Å². The number of aliphatic carboxylic acids is 1. The van der Waals surface area contributed by atoms with Gasteiger partial charge in [0, 0.05) is 11.9 Å². The predicted molar refractivity (Wildman–Crippen MR) is 87.8 cm³/mol. The van der Waals surface area contributed by atoms with Crippen LogP contribution in [-0.4, -0.2) is 28.4 Å². The molecule has 1 aliphatic heterocycles.